The molecular weight excluding hydrogens is 424 g/mol. The summed E-state index contributed by atoms with van der Waals surface area (Å²) < 4.78 is 5.17. The maximum Gasteiger partial charge on any atom is 0.250 e. The molecule has 5 rings (SSSR count). The number of rotatable bonds is 6. The number of nitrogens with one attached hydrogen (secondary N) is 2. The third-order valence-electron chi connectivity index (χ3n) is 6.92. The molecule has 4 atom stereocenters. The van der Waals surface area contributed by atoms with Crippen molar-refractivity contribution in [1.29, 1.82) is 0 Å². The second-order valence-corrected chi connectivity index (χ2v) is 8.68. The lowest BCUT2D eigenvalue weighted by atomic mass is 9.76. The Morgan fingerprint density at radius 3 is 2.52 bits per heavy atom. The van der Waals surface area contributed by atoms with Crippen molar-refractivity contribution in [3.8, 4) is 5.75 Å². The van der Waals surface area contributed by atoms with Gasteiger partial charge in [0.1, 0.15) is 11.3 Å². The number of benzene rings is 2. The lowest BCUT2D eigenvalue weighted by Crippen LogP contribution is -2.53. The molecule has 4 N–H and O–H groups in total. The summed E-state index contributed by atoms with van der Waals surface area (Å²) in [6, 6.07) is 13.7. The molecule has 33 heavy (non-hydrogen) atoms. The number of ether oxygens (including phenoxy) is 1. The van der Waals surface area contributed by atoms with Crippen molar-refractivity contribution in [3.05, 3.63) is 59.7 Å². The van der Waals surface area contributed by atoms with Crippen LogP contribution < -0.4 is 21.1 Å². The lowest BCUT2D eigenvalue weighted by molar-refractivity contribution is -0.143. The Balaban J connectivity index is 1.54. The number of para-hydroxylation sites is 1. The normalized spacial score (nSPS) is 27.6. The molecule has 3 heterocycles. The highest BCUT2D eigenvalue weighted by atomic mass is 16.5. The molecule has 2 saturated heterocycles. The molecule has 4 amide bonds. The minimum atomic E-state index is -1.37. The maximum absolute atomic E-state index is 13.7. The number of likely N-dealkylation sites (tertiary alicyclic amines) is 1. The zero-order valence-electron chi connectivity index (χ0n) is 18.0. The van der Waals surface area contributed by atoms with Gasteiger partial charge in [-0.1, -0.05) is 30.3 Å². The standard InChI is InChI=1S/C24H24N4O5/c1-33-14-8-6-13(7-9-14)12-28-21(30)19-17(10-11-18(25)29)27-24(20(19)22(28)31)15-4-2-3-5-16(15)26-23(24)32/h2-9,17,19-20,27H,10-12H2,1H3,(H2,25,29)(H,26,32). The monoisotopic (exact) mass is 448 g/mol. The fourth-order valence-corrected chi connectivity index (χ4v) is 5.43. The molecule has 2 aromatic carbocycles. The lowest BCUT2D eigenvalue weighted by Gasteiger charge is -2.29. The summed E-state index contributed by atoms with van der Waals surface area (Å²) in [4.78, 5) is 53.2. The first-order valence-electron chi connectivity index (χ1n) is 10.8. The van der Waals surface area contributed by atoms with Crippen LogP contribution in [0.15, 0.2) is 48.5 Å². The van der Waals surface area contributed by atoms with Crippen LogP contribution in [0.3, 0.4) is 0 Å². The van der Waals surface area contributed by atoms with Gasteiger partial charge in [0.15, 0.2) is 0 Å². The summed E-state index contributed by atoms with van der Waals surface area (Å²) in [5.41, 5.74) is 6.00. The van der Waals surface area contributed by atoms with E-state index in [1.807, 2.05) is 0 Å². The molecule has 0 aromatic heterocycles. The van der Waals surface area contributed by atoms with Gasteiger partial charge >= 0.3 is 0 Å². The van der Waals surface area contributed by atoms with Gasteiger partial charge in [-0.05, 0) is 30.2 Å². The predicted molar refractivity (Wildman–Crippen MR) is 118 cm³/mol. The number of primary amides is 1. The van der Waals surface area contributed by atoms with E-state index in [-0.39, 0.29) is 31.2 Å². The van der Waals surface area contributed by atoms with E-state index < -0.39 is 35.2 Å². The first-order valence-corrected chi connectivity index (χ1v) is 10.8. The number of carbonyl (C=O) groups excluding carboxylic acids is 4. The molecule has 9 nitrogen and oxygen atoms in total. The minimum absolute atomic E-state index is 0.0418. The molecule has 3 aliphatic rings. The van der Waals surface area contributed by atoms with Crippen molar-refractivity contribution in [3.63, 3.8) is 0 Å². The van der Waals surface area contributed by atoms with E-state index in [1.54, 1.807) is 55.6 Å². The van der Waals surface area contributed by atoms with Gasteiger partial charge in [0.25, 0.3) is 0 Å². The summed E-state index contributed by atoms with van der Waals surface area (Å²) in [7, 11) is 1.56. The topological polar surface area (TPSA) is 131 Å². The quantitative estimate of drug-likeness (QED) is 0.563. The van der Waals surface area contributed by atoms with Crippen LogP contribution in [0.4, 0.5) is 5.69 Å². The van der Waals surface area contributed by atoms with E-state index in [2.05, 4.69) is 10.6 Å². The molecule has 170 valence electrons. The molecule has 2 aromatic rings. The van der Waals surface area contributed by atoms with E-state index >= 15 is 0 Å². The Hall–Kier alpha value is -3.72. The molecule has 2 fully saturated rings. The van der Waals surface area contributed by atoms with E-state index in [0.29, 0.717) is 17.0 Å². The molecule has 9 heteroatoms. The van der Waals surface area contributed by atoms with E-state index in [9.17, 15) is 19.2 Å². The Bertz CT molecular complexity index is 1160. The Morgan fingerprint density at radius 1 is 1.09 bits per heavy atom. The summed E-state index contributed by atoms with van der Waals surface area (Å²) >= 11 is 0. The Morgan fingerprint density at radius 2 is 1.82 bits per heavy atom. The summed E-state index contributed by atoms with van der Waals surface area (Å²) in [6.07, 6.45) is 0.295. The van der Waals surface area contributed by atoms with Gasteiger partial charge in [-0.2, -0.15) is 0 Å². The van der Waals surface area contributed by atoms with Crippen LogP contribution in [0, 0.1) is 11.8 Å². The largest absolute Gasteiger partial charge is 0.497 e. The van der Waals surface area contributed by atoms with Crippen molar-refractivity contribution >= 4 is 29.3 Å². The third kappa shape index (κ3) is 3.11. The number of fused-ring (bicyclic) bond motifs is 4. The van der Waals surface area contributed by atoms with Crippen molar-refractivity contribution in [2.45, 2.75) is 31.0 Å². The number of hydrogen-bond acceptors (Lipinski definition) is 6. The van der Waals surface area contributed by atoms with Gasteiger partial charge in [0, 0.05) is 23.7 Å². The number of hydrogen-bond donors (Lipinski definition) is 3. The zero-order valence-corrected chi connectivity index (χ0v) is 18.0. The van der Waals surface area contributed by atoms with Gasteiger partial charge < -0.3 is 15.8 Å². The summed E-state index contributed by atoms with van der Waals surface area (Å²) in [5.74, 6) is -2.64. The van der Waals surface area contributed by atoms with Crippen LogP contribution in [-0.2, 0) is 31.3 Å². The van der Waals surface area contributed by atoms with Crippen LogP contribution in [0.25, 0.3) is 0 Å². The van der Waals surface area contributed by atoms with Crippen LogP contribution in [0.1, 0.15) is 24.0 Å². The fourth-order valence-electron chi connectivity index (χ4n) is 5.43. The average Bonchev–Trinajstić information content (AvgIpc) is 3.39. The number of amides is 4. The van der Waals surface area contributed by atoms with Crippen LogP contribution >= 0.6 is 0 Å². The molecule has 4 unspecified atom stereocenters. The second kappa shape index (κ2) is 7.70. The highest BCUT2D eigenvalue weighted by Gasteiger charge is 2.70. The predicted octanol–water partition coefficient (Wildman–Crippen LogP) is 0.881. The third-order valence-corrected chi connectivity index (χ3v) is 6.92. The molecule has 0 saturated carbocycles. The van der Waals surface area contributed by atoms with Gasteiger partial charge in [-0.15, -0.1) is 0 Å². The van der Waals surface area contributed by atoms with Crippen molar-refractivity contribution < 1.29 is 23.9 Å². The minimum Gasteiger partial charge on any atom is -0.497 e. The van der Waals surface area contributed by atoms with Crippen molar-refractivity contribution in [1.82, 2.24) is 10.2 Å². The first-order chi connectivity index (χ1) is 15.9. The number of methoxy groups -OCH3 is 1. The molecular formula is C24H24N4O5. The van der Waals surface area contributed by atoms with E-state index in [4.69, 9.17) is 10.5 Å². The molecule has 0 aliphatic carbocycles. The van der Waals surface area contributed by atoms with Gasteiger partial charge in [0.2, 0.25) is 23.6 Å². The molecule has 3 aliphatic heterocycles. The zero-order chi connectivity index (χ0) is 23.3. The number of nitrogens with two attached hydrogens (primary N) is 1. The van der Waals surface area contributed by atoms with Crippen LogP contribution in [0.2, 0.25) is 0 Å². The highest BCUT2D eigenvalue weighted by Crippen LogP contribution is 2.53. The maximum atomic E-state index is 13.7. The fraction of sp³-hybridized carbons (Fsp3) is 0.333. The number of carbonyl (C=O) groups is 4. The van der Waals surface area contributed by atoms with Gasteiger partial charge in [-0.3, -0.25) is 29.4 Å². The molecule has 1 spiro atoms. The van der Waals surface area contributed by atoms with Crippen molar-refractivity contribution in [2.24, 2.45) is 17.6 Å². The number of anilines is 1. The smallest absolute Gasteiger partial charge is 0.250 e. The second-order valence-electron chi connectivity index (χ2n) is 8.68. The molecule has 0 bridgehead atoms. The Labute approximate surface area is 190 Å². The van der Waals surface area contributed by atoms with Crippen LogP contribution in [0.5, 0.6) is 5.75 Å². The van der Waals surface area contributed by atoms with Crippen LogP contribution in [-0.4, -0.2) is 41.7 Å². The van der Waals surface area contributed by atoms with E-state index in [0.717, 1.165) is 5.56 Å². The Kier molecular flexibility index (Phi) is 4.93. The number of imide groups is 1. The van der Waals surface area contributed by atoms with Crippen molar-refractivity contribution in [2.75, 3.05) is 12.4 Å². The average molecular weight is 448 g/mol. The number of nitrogens with zero attached hydrogens (tertiary/aromatic N) is 1. The SMILES string of the molecule is COc1ccc(CN2C(=O)C3C(CCC(N)=O)NC4(C(=O)Nc5ccccc54)C3C2=O)cc1. The van der Waals surface area contributed by atoms with Gasteiger partial charge in [0.05, 0.1) is 25.5 Å². The first kappa shape index (κ1) is 21.1. The summed E-state index contributed by atoms with van der Waals surface area (Å²) in [5, 5.41) is 6.14. The van der Waals surface area contributed by atoms with Gasteiger partial charge in [-0.25, -0.2) is 0 Å². The molecule has 0 radical (unpaired) electrons. The van der Waals surface area contributed by atoms with E-state index in [1.165, 1.54) is 4.90 Å². The summed E-state index contributed by atoms with van der Waals surface area (Å²) in [6.45, 7) is 0.0938. The highest BCUT2D eigenvalue weighted by molar-refractivity contribution is 6.15.